The molecule has 35 heavy (non-hydrogen) atoms. The molecule has 8 heteroatoms. The van der Waals surface area contributed by atoms with Gasteiger partial charge < -0.3 is 14.9 Å². The third-order valence-corrected chi connectivity index (χ3v) is 9.03. The Morgan fingerprint density at radius 1 is 1.14 bits per heavy atom. The lowest BCUT2D eigenvalue weighted by Gasteiger charge is -2.34. The van der Waals surface area contributed by atoms with Gasteiger partial charge in [-0.1, -0.05) is 52.3 Å². The maximum atomic E-state index is 14.6. The van der Waals surface area contributed by atoms with E-state index in [2.05, 4.69) is 13.8 Å². The first-order valence-corrected chi connectivity index (χ1v) is 14.4. The molecule has 1 aromatic rings. The minimum Gasteiger partial charge on any atom is -0.444 e. The maximum absolute atomic E-state index is 14.6. The van der Waals surface area contributed by atoms with Crippen LogP contribution in [0.2, 0.25) is 0 Å². The molecule has 1 aromatic carbocycles. The van der Waals surface area contributed by atoms with E-state index in [0.29, 0.717) is 11.3 Å². The fourth-order valence-electron chi connectivity index (χ4n) is 4.56. The smallest absolute Gasteiger partial charge is 0.410 e. The molecule has 2 rings (SSSR count). The summed E-state index contributed by atoms with van der Waals surface area (Å²) in [6.07, 6.45) is -0.671. The van der Waals surface area contributed by atoms with Gasteiger partial charge in [-0.05, 0) is 58.1 Å². The fourth-order valence-corrected chi connectivity index (χ4v) is 7.20. The quantitative estimate of drug-likeness (QED) is 0.520. The number of amides is 1. The lowest BCUT2D eigenvalue weighted by Crippen LogP contribution is -2.48. The molecule has 200 valence electrons. The van der Waals surface area contributed by atoms with Crippen molar-refractivity contribution in [1.82, 2.24) is 4.90 Å². The van der Waals surface area contributed by atoms with Crippen molar-refractivity contribution in [2.75, 3.05) is 12.4 Å². The van der Waals surface area contributed by atoms with Crippen LogP contribution in [-0.4, -0.2) is 67.6 Å². The summed E-state index contributed by atoms with van der Waals surface area (Å²) < 4.78 is 25.1. The zero-order valence-corrected chi connectivity index (χ0v) is 23.7. The standard InChI is InChI=1S/C27H46N2O5S/c1-17(2)14-23-25(31)20(6)24(29(23)26(32)34-27(7,8)9)16-35(33,28-22(15-30)18(3)4)21-12-10-19(5)11-13-21/h10-13,17-18,20,22-25,30-31H,14-16H2,1-9H3/t20-,22-,23-,24+,25-,35?/m0/s1. The largest absolute Gasteiger partial charge is 0.444 e. The van der Waals surface area contributed by atoms with Crippen molar-refractivity contribution in [3.8, 4) is 0 Å². The van der Waals surface area contributed by atoms with Crippen LogP contribution >= 0.6 is 0 Å². The topological polar surface area (TPSA) is 99.4 Å². The monoisotopic (exact) mass is 510 g/mol. The summed E-state index contributed by atoms with van der Waals surface area (Å²) in [5.41, 5.74) is 0.332. The van der Waals surface area contributed by atoms with Crippen LogP contribution in [0.3, 0.4) is 0 Å². The Balaban J connectivity index is 2.63. The van der Waals surface area contributed by atoms with Gasteiger partial charge in [-0.2, -0.15) is 0 Å². The first-order chi connectivity index (χ1) is 16.1. The van der Waals surface area contributed by atoms with Gasteiger partial charge in [0.25, 0.3) is 0 Å². The van der Waals surface area contributed by atoms with Gasteiger partial charge in [-0.25, -0.2) is 13.4 Å². The summed E-state index contributed by atoms with van der Waals surface area (Å²) in [6.45, 7) is 17.1. The number of nitrogens with zero attached hydrogens (tertiary/aromatic N) is 2. The molecule has 7 nitrogen and oxygen atoms in total. The number of carbonyl (C=O) groups is 1. The van der Waals surface area contributed by atoms with Gasteiger partial charge in [-0.3, -0.25) is 4.90 Å². The average Bonchev–Trinajstić information content (AvgIpc) is 2.95. The fraction of sp³-hybridized carbons (Fsp3) is 0.741. The van der Waals surface area contributed by atoms with E-state index in [1.807, 2.05) is 72.7 Å². The zero-order chi connectivity index (χ0) is 26.7. The number of carbonyl (C=O) groups excluding carboxylic acids is 1. The molecule has 0 spiro atoms. The van der Waals surface area contributed by atoms with Crippen molar-refractivity contribution in [1.29, 1.82) is 0 Å². The van der Waals surface area contributed by atoms with E-state index in [4.69, 9.17) is 9.10 Å². The van der Waals surface area contributed by atoms with Crippen molar-refractivity contribution < 1.29 is 24.0 Å². The molecule has 1 amide bonds. The van der Waals surface area contributed by atoms with Crippen molar-refractivity contribution in [3.05, 3.63) is 29.8 Å². The predicted octanol–water partition coefficient (Wildman–Crippen LogP) is 4.87. The van der Waals surface area contributed by atoms with Crippen LogP contribution in [0.25, 0.3) is 0 Å². The molecule has 6 atom stereocenters. The third-order valence-electron chi connectivity index (χ3n) is 6.62. The lowest BCUT2D eigenvalue weighted by atomic mass is 9.94. The molecule has 2 N–H and O–H groups in total. The van der Waals surface area contributed by atoms with Gasteiger partial charge in [0, 0.05) is 10.8 Å². The van der Waals surface area contributed by atoms with E-state index in [9.17, 15) is 19.2 Å². The van der Waals surface area contributed by atoms with E-state index < -0.39 is 45.7 Å². The van der Waals surface area contributed by atoms with Crippen LogP contribution in [0.4, 0.5) is 4.79 Å². The van der Waals surface area contributed by atoms with Crippen molar-refractivity contribution in [3.63, 3.8) is 0 Å². The molecule has 0 bridgehead atoms. The third kappa shape index (κ3) is 7.43. The first kappa shape index (κ1) is 29.6. The molecule has 1 heterocycles. The number of aliphatic hydroxyl groups is 2. The molecule has 0 radical (unpaired) electrons. The maximum Gasteiger partial charge on any atom is 0.410 e. The van der Waals surface area contributed by atoms with Gasteiger partial charge in [0.05, 0.1) is 46.3 Å². The molecule has 1 aliphatic heterocycles. The van der Waals surface area contributed by atoms with Gasteiger partial charge in [0.2, 0.25) is 0 Å². The summed E-state index contributed by atoms with van der Waals surface area (Å²) in [5.74, 6) is -0.0185. The Kier molecular flexibility index (Phi) is 9.81. The molecule has 1 saturated heterocycles. The van der Waals surface area contributed by atoms with Gasteiger partial charge >= 0.3 is 6.09 Å². The number of aliphatic hydroxyl groups excluding tert-OH is 2. The van der Waals surface area contributed by atoms with E-state index in [0.717, 1.165) is 5.56 Å². The van der Waals surface area contributed by atoms with Gasteiger partial charge in [-0.15, -0.1) is 0 Å². The highest BCUT2D eigenvalue weighted by molar-refractivity contribution is 7.93. The average molecular weight is 511 g/mol. The highest BCUT2D eigenvalue weighted by Crippen LogP contribution is 2.37. The van der Waals surface area contributed by atoms with E-state index in [-0.39, 0.29) is 30.1 Å². The molecule has 0 saturated carbocycles. The Morgan fingerprint density at radius 3 is 2.17 bits per heavy atom. The zero-order valence-electron chi connectivity index (χ0n) is 22.9. The van der Waals surface area contributed by atoms with Crippen LogP contribution < -0.4 is 0 Å². The molecular weight excluding hydrogens is 464 g/mol. The normalized spacial score (nSPS) is 25.6. The Hall–Kier alpha value is -1.64. The van der Waals surface area contributed by atoms with Gasteiger partial charge in [0.15, 0.2) is 0 Å². The molecule has 1 fully saturated rings. The minimum absolute atomic E-state index is 0.00601. The number of hydrogen-bond donors (Lipinski definition) is 2. The highest BCUT2D eigenvalue weighted by atomic mass is 32.2. The Bertz CT molecular complexity index is 961. The highest BCUT2D eigenvalue weighted by Gasteiger charge is 2.50. The molecule has 1 unspecified atom stereocenters. The summed E-state index contributed by atoms with van der Waals surface area (Å²) in [7, 11) is -3.04. The number of ether oxygens (including phenoxy) is 1. The lowest BCUT2D eigenvalue weighted by molar-refractivity contribution is 0.00747. The summed E-state index contributed by atoms with van der Waals surface area (Å²) in [4.78, 5) is 15.6. The van der Waals surface area contributed by atoms with Crippen LogP contribution in [0.5, 0.6) is 0 Å². The number of hydrogen-bond acceptors (Lipinski definition) is 6. The van der Waals surface area contributed by atoms with E-state index in [1.54, 1.807) is 4.90 Å². The summed E-state index contributed by atoms with van der Waals surface area (Å²) in [6, 6.07) is 5.94. The molecule has 1 aliphatic rings. The van der Waals surface area contributed by atoms with Crippen molar-refractivity contribution in [2.24, 2.45) is 22.1 Å². The van der Waals surface area contributed by atoms with Crippen molar-refractivity contribution in [2.45, 2.75) is 103 Å². The van der Waals surface area contributed by atoms with Crippen molar-refractivity contribution >= 4 is 15.8 Å². The number of aryl methyl sites for hydroxylation is 1. The van der Waals surface area contributed by atoms with Crippen LogP contribution in [0.15, 0.2) is 33.5 Å². The van der Waals surface area contributed by atoms with Gasteiger partial charge in [0.1, 0.15) is 5.60 Å². The molecular formula is C27H46N2O5S. The number of benzene rings is 1. The first-order valence-electron chi connectivity index (χ1n) is 12.7. The Labute approximate surface area is 212 Å². The predicted molar refractivity (Wildman–Crippen MR) is 141 cm³/mol. The second-order valence-corrected chi connectivity index (χ2v) is 14.0. The number of likely N-dealkylation sites (tertiary alicyclic amines) is 1. The second-order valence-electron chi connectivity index (χ2n) is 11.7. The van der Waals surface area contributed by atoms with E-state index in [1.165, 1.54) is 0 Å². The SMILES string of the molecule is Cc1ccc(S(=O)(C[C@@H]2[C@H](C)[C@H](O)[C@H](CC(C)C)N2C(=O)OC(C)(C)C)=N[C@@H](CO)C(C)C)cc1. The molecule has 0 aromatic heterocycles. The Morgan fingerprint density at radius 2 is 1.71 bits per heavy atom. The van der Waals surface area contributed by atoms with Crippen LogP contribution in [-0.2, 0) is 14.5 Å². The van der Waals surface area contributed by atoms with E-state index >= 15 is 0 Å². The minimum atomic E-state index is -3.04. The van der Waals surface area contributed by atoms with Crippen LogP contribution in [0.1, 0.15) is 67.4 Å². The summed E-state index contributed by atoms with van der Waals surface area (Å²) in [5, 5.41) is 21.2. The second kappa shape index (κ2) is 11.6. The summed E-state index contributed by atoms with van der Waals surface area (Å²) >= 11 is 0. The molecule has 0 aliphatic carbocycles. The number of rotatable bonds is 8. The van der Waals surface area contributed by atoms with Crippen LogP contribution in [0, 0.1) is 24.7 Å².